The molecule has 0 aromatic heterocycles. The van der Waals surface area contributed by atoms with Gasteiger partial charge in [0.25, 0.3) is 10.1 Å². The average molecular weight is 333 g/mol. The van der Waals surface area contributed by atoms with Crippen LogP contribution in [0.5, 0.6) is 0 Å². The second-order valence-corrected chi connectivity index (χ2v) is 6.04. The summed E-state index contributed by atoms with van der Waals surface area (Å²) in [6.07, 6.45) is 0. The molecule has 0 radical (unpaired) electrons. The Hall–Kier alpha value is -0.990. The molecule has 1 aromatic carbocycles. The average Bonchev–Trinajstić information content (AvgIpc) is 2.53. The quantitative estimate of drug-likeness (QED) is 0.429. The smallest absolute Gasteiger partial charge is 0.297 e. The number of rotatable bonds is 12. The molecule has 0 aliphatic carbocycles. The molecule has 126 valence electrons. The number of aryl methyl sites for hydroxylation is 1. The van der Waals surface area contributed by atoms with Gasteiger partial charge in [-0.3, -0.25) is 4.18 Å². The summed E-state index contributed by atoms with van der Waals surface area (Å²) in [5, 5.41) is 0. The predicted molar refractivity (Wildman–Crippen MR) is 82.4 cm³/mol. The fourth-order valence-corrected chi connectivity index (χ4v) is 2.41. The van der Waals surface area contributed by atoms with Crippen LogP contribution in [0.3, 0.4) is 0 Å². The van der Waals surface area contributed by atoms with Crippen LogP contribution in [0.15, 0.2) is 29.2 Å². The van der Waals surface area contributed by atoms with Crippen LogP contribution in [0.4, 0.5) is 0 Å². The molecule has 0 N–H and O–H groups in total. The van der Waals surface area contributed by atoms with Crippen LogP contribution >= 0.6 is 0 Å². The van der Waals surface area contributed by atoms with Gasteiger partial charge in [0.15, 0.2) is 0 Å². The number of benzene rings is 1. The Morgan fingerprint density at radius 2 is 1.45 bits per heavy atom. The van der Waals surface area contributed by atoms with Crippen molar-refractivity contribution in [2.24, 2.45) is 0 Å². The van der Waals surface area contributed by atoms with E-state index in [1.54, 1.807) is 12.1 Å². The number of ether oxygens (including phenoxy) is 3. The summed E-state index contributed by atoms with van der Waals surface area (Å²) < 4.78 is 51.1. The fourth-order valence-electron chi connectivity index (χ4n) is 1.52. The molecule has 0 amide bonds. The maximum atomic E-state index is 11.9. The van der Waals surface area contributed by atoms with Crippen LogP contribution in [0.25, 0.3) is 0 Å². The summed E-state index contributed by atoms with van der Waals surface area (Å²) >= 11 is 0. The predicted octanol–water partition coefficient (Wildman–Crippen LogP) is 1.77. The summed E-state index contributed by atoms with van der Waals surface area (Å²) in [4.78, 5) is 0.138. The summed E-state index contributed by atoms with van der Waals surface area (Å²) in [6, 6.07) is 6.47. The molecule has 7 heteroatoms. The lowest BCUT2D eigenvalue weighted by Crippen LogP contribution is -2.14. The highest BCUT2D eigenvalue weighted by Crippen LogP contribution is 2.12. The van der Waals surface area contributed by atoms with Gasteiger partial charge in [0.1, 0.15) is 0 Å². The lowest BCUT2D eigenvalue weighted by atomic mass is 10.2. The summed E-state index contributed by atoms with van der Waals surface area (Å²) in [5.74, 6) is 0. The van der Waals surface area contributed by atoms with E-state index in [9.17, 15) is 8.42 Å². The van der Waals surface area contributed by atoms with Crippen molar-refractivity contribution >= 4 is 10.1 Å². The van der Waals surface area contributed by atoms with E-state index in [0.717, 1.165) is 5.56 Å². The lowest BCUT2D eigenvalue weighted by molar-refractivity contribution is 0.0117. The first-order chi connectivity index (χ1) is 11.1. The van der Waals surface area contributed by atoms with Crippen LogP contribution in [0.1, 0.15) is 13.8 Å². The highest BCUT2D eigenvalue weighted by atomic mass is 32.2. The van der Waals surface area contributed by atoms with Gasteiger partial charge in [-0.1, -0.05) is 17.7 Å². The van der Waals surface area contributed by atoms with Gasteiger partial charge in [-0.25, -0.2) is 0 Å². The second-order valence-electron chi connectivity index (χ2n) is 4.43. The molecule has 0 fully saturated rings. The van der Waals surface area contributed by atoms with Crippen molar-refractivity contribution in [2.75, 3.05) is 46.2 Å². The third-order valence-corrected chi connectivity index (χ3v) is 3.99. The molecular formula is C15H24O6S. The Balaban J connectivity index is 2.05. The molecule has 0 unspecified atom stereocenters. The third-order valence-electron chi connectivity index (χ3n) is 2.66. The van der Waals surface area contributed by atoms with E-state index in [1.165, 1.54) is 12.1 Å². The molecule has 0 heterocycles. The molecule has 22 heavy (non-hydrogen) atoms. The van der Waals surface area contributed by atoms with E-state index in [-0.39, 0.29) is 25.0 Å². The van der Waals surface area contributed by atoms with Gasteiger partial charge in [-0.05, 0) is 26.0 Å². The first-order valence-corrected chi connectivity index (χ1v) is 8.45. The molecule has 0 spiro atoms. The van der Waals surface area contributed by atoms with Gasteiger partial charge < -0.3 is 14.2 Å². The lowest BCUT2D eigenvalue weighted by Gasteiger charge is -2.07. The minimum absolute atomic E-state index is 0.0389. The Kier molecular flexibility index (Phi) is 8.44. The zero-order valence-corrected chi connectivity index (χ0v) is 13.6. The highest BCUT2D eigenvalue weighted by Gasteiger charge is 2.14. The molecular weight excluding hydrogens is 308 g/mol. The first-order valence-electron chi connectivity index (χ1n) is 7.75. The Labute approximate surface area is 133 Å². The summed E-state index contributed by atoms with van der Waals surface area (Å²) in [5.41, 5.74) is 0.984. The van der Waals surface area contributed by atoms with E-state index in [0.29, 0.717) is 33.0 Å². The molecule has 0 aliphatic heterocycles. The van der Waals surface area contributed by atoms with E-state index in [1.807, 2.05) is 6.92 Å². The normalized spacial score (nSPS) is 12.3. The molecule has 0 atom stereocenters. The van der Waals surface area contributed by atoms with E-state index < -0.39 is 10.1 Å². The maximum Gasteiger partial charge on any atom is 0.297 e. The molecule has 0 bridgehead atoms. The molecule has 6 nitrogen and oxygen atoms in total. The Bertz CT molecular complexity index is 517. The van der Waals surface area contributed by atoms with Crippen LogP contribution < -0.4 is 0 Å². The van der Waals surface area contributed by atoms with Gasteiger partial charge >= 0.3 is 0 Å². The SMILES string of the molecule is [2H]CCOCCOCCOCCOS(=O)(=O)c1ccc(C)cc1. The highest BCUT2D eigenvalue weighted by molar-refractivity contribution is 7.86. The maximum absolute atomic E-state index is 11.9. The van der Waals surface area contributed by atoms with Crippen molar-refractivity contribution in [3.8, 4) is 0 Å². The van der Waals surface area contributed by atoms with Gasteiger partial charge in [0, 0.05) is 7.98 Å². The summed E-state index contributed by atoms with van der Waals surface area (Å²) in [7, 11) is -3.73. The van der Waals surface area contributed by atoms with Crippen molar-refractivity contribution in [2.45, 2.75) is 18.7 Å². The van der Waals surface area contributed by atoms with E-state index in [4.69, 9.17) is 19.8 Å². The van der Waals surface area contributed by atoms with Gasteiger partial charge in [0.2, 0.25) is 0 Å². The van der Waals surface area contributed by atoms with Gasteiger partial charge in [0.05, 0.1) is 44.5 Å². The Morgan fingerprint density at radius 1 is 0.909 bits per heavy atom. The van der Waals surface area contributed by atoms with Crippen molar-refractivity contribution in [3.63, 3.8) is 0 Å². The monoisotopic (exact) mass is 333 g/mol. The minimum Gasteiger partial charge on any atom is -0.379 e. The first kappa shape index (κ1) is 17.4. The molecule has 0 aliphatic rings. The second kappa shape index (κ2) is 10.7. The number of hydrogen-bond donors (Lipinski definition) is 0. The summed E-state index contributed by atoms with van der Waals surface area (Å²) in [6.45, 7) is 4.32. The van der Waals surface area contributed by atoms with E-state index in [2.05, 4.69) is 0 Å². The zero-order chi connectivity index (χ0) is 17.0. The van der Waals surface area contributed by atoms with Crippen LogP contribution in [-0.2, 0) is 28.5 Å². The topological polar surface area (TPSA) is 71.1 Å². The van der Waals surface area contributed by atoms with Crippen LogP contribution in [-0.4, -0.2) is 54.7 Å². The van der Waals surface area contributed by atoms with Crippen LogP contribution in [0, 0.1) is 6.92 Å². The van der Waals surface area contributed by atoms with Crippen molar-refractivity contribution in [3.05, 3.63) is 29.8 Å². The van der Waals surface area contributed by atoms with Crippen molar-refractivity contribution < 1.29 is 28.2 Å². The third kappa shape index (κ3) is 7.86. The Morgan fingerprint density at radius 3 is 2.05 bits per heavy atom. The minimum atomic E-state index is -3.73. The molecule has 1 aromatic rings. The van der Waals surface area contributed by atoms with Gasteiger partial charge in [-0.2, -0.15) is 8.42 Å². The van der Waals surface area contributed by atoms with E-state index >= 15 is 0 Å². The largest absolute Gasteiger partial charge is 0.379 e. The van der Waals surface area contributed by atoms with Crippen molar-refractivity contribution in [1.82, 2.24) is 0 Å². The molecule has 1 rings (SSSR count). The zero-order valence-electron chi connectivity index (χ0n) is 13.8. The van der Waals surface area contributed by atoms with Gasteiger partial charge in [-0.15, -0.1) is 0 Å². The number of hydrogen-bond acceptors (Lipinski definition) is 6. The molecule has 0 saturated carbocycles. The van der Waals surface area contributed by atoms with Crippen LogP contribution in [0.2, 0.25) is 0 Å². The fraction of sp³-hybridized carbons (Fsp3) is 0.600. The van der Waals surface area contributed by atoms with Crippen molar-refractivity contribution in [1.29, 1.82) is 0 Å². The molecule has 0 saturated heterocycles. The standard InChI is InChI=1S/C15H24O6S/c1-3-18-8-9-19-10-11-20-12-13-21-22(16,17)15-6-4-14(2)5-7-15/h4-7H,3,8-13H2,1-2H3/i1D.